The quantitative estimate of drug-likeness (QED) is 0.214. The average molecular weight is 1030 g/mol. The Morgan fingerprint density at radius 2 is 0.699 bits per heavy atom. The number of nitrogens with one attached hydrogen (secondary N) is 2. The van der Waals surface area contributed by atoms with Gasteiger partial charge in [-0.15, -0.1) is 0 Å². The molecule has 4 N–H and O–H groups in total. The van der Waals surface area contributed by atoms with Crippen LogP contribution in [0.3, 0.4) is 0 Å². The van der Waals surface area contributed by atoms with Gasteiger partial charge in [0.1, 0.15) is 0 Å². The Hall–Kier alpha value is -0.240. The van der Waals surface area contributed by atoms with Crippen LogP contribution in [0.15, 0.2) is 0 Å². The largest absolute Gasteiger partial charge is 0.328 e. The van der Waals surface area contributed by atoms with Crippen LogP contribution in [0.2, 0.25) is 0 Å². The van der Waals surface area contributed by atoms with Crippen LogP contribution in [-0.4, -0.2) is 105 Å². The number of rotatable bonds is 9. The molecule has 0 heterocycles. The zero-order valence-electron chi connectivity index (χ0n) is 54.4. The molecular weight excluding hydrogens is 889 g/mol. The van der Waals surface area contributed by atoms with Gasteiger partial charge < -0.3 is 31.1 Å². The van der Waals surface area contributed by atoms with Gasteiger partial charge in [0.2, 0.25) is 0 Å². The average Bonchev–Trinajstić information content (AvgIpc) is 4.11. The fourth-order valence-corrected chi connectivity index (χ4v) is 13.5. The summed E-state index contributed by atoms with van der Waals surface area (Å²) in [6.07, 6.45) is 24.9. The smallest absolute Gasteiger partial charge is 0.00979 e. The molecule has 6 nitrogen and oxygen atoms in total. The van der Waals surface area contributed by atoms with Crippen LogP contribution in [0.5, 0.6) is 0 Å². The second-order valence-electron chi connectivity index (χ2n) is 31.5. The third-order valence-electron chi connectivity index (χ3n) is 20.0. The summed E-state index contributed by atoms with van der Waals surface area (Å²) >= 11 is 0. The van der Waals surface area contributed by atoms with Gasteiger partial charge in [0, 0.05) is 36.3 Å². The first-order valence-electron chi connectivity index (χ1n) is 31.2. The molecule has 73 heavy (non-hydrogen) atoms. The van der Waals surface area contributed by atoms with Gasteiger partial charge in [-0.2, -0.15) is 0 Å². The normalized spacial score (nSPS) is 30.8. The van der Waals surface area contributed by atoms with Crippen molar-refractivity contribution in [1.29, 1.82) is 0 Å². The Morgan fingerprint density at radius 1 is 0.384 bits per heavy atom. The van der Waals surface area contributed by atoms with Crippen LogP contribution in [0.25, 0.3) is 0 Å². The van der Waals surface area contributed by atoms with Crippen molar-refractivity contribution in [3.63, 3.8) is 0 Å². The SMILES string of the molecule is C.CC(C)(C)C1CCC(N)C1.CCN(C)C1CCC(C(C)(C)C)C1.CCN(CC)C1CCC(C(C)(C)C)C1.CCNC1CCC(C(C)(C)C)C1.CN(C)C1CCC(C(C)(C)C)C1.CNC1CCC(C(C)(C)C)C1. The van der Waals surface area contributed by atoms with Crippen LogP contribution in [0.4, 0.5) is 0 Å². The van der Waals surface area contributed by atoms with Crippen LogP contribution in [0, 0.1) is 68.0 Å². The van der Waals surface area contributed by atoms with E-state index >= 15 is 0 Å². The molecule has 6 fully saturated rings. The molecule has 0 aromatic heterocycles. The summed E-state index contributed by atoms with van der Waals surface area (Å²) in [5.74, 6) is 5.54. The Bertz CT molecular complexity index is 1380. The predicted octanol–water partition coefficient (Wildman–Crippen LogP) is 17.5. The van der Waals surface area contributed by atoms with Crippen LogP contribution < -0.4 is 16.4 Å². The monoisotopic (exact) mass is 1030 g/mol. The molecule has 12 unspecified atom stereocenters. The van der Waals surface area contributed by atoms with Crippen molar-refractivity contribution in [1.82, 2.24) is 25.3 Å². The molecule has 6 rings (SSSR count). The molecule has 0 saturated heterocycles. The maximum absolute atomic E-state index is 5.82. The second-order valence-corrected chi connectivity index (χ2v) is 31.5. The Balaban J connectivity index is 0.000000852. The first-order valence-corrected chi connectivity index (χ1v) is 31.2. The third-order valence-corrected chi connectivity index (χ3v) is 20.0. The van der Waals surface area contributed by atoms with Crippen LogP contribution in [0.1, 0.15) is 275 Å². The van der Waals surface area contributed by atoms with E-state index in [1.807, 2.05) is 0 Å². The Labute approximate surface area is 463 Å². The molecule has 6 heteroatoms. The molecule has 12 atom stereocenters. The fourth-order valence-electron chi connectivity index (χ4n) is 13.5. The zero-order chi connectivity index (χ0) is 55.6. The van der Waals surface area contributed by atoms with E-state index in [0.717, 1.165) is 72.3 Å². The van der Waals surface area contributed by atoms with E-state index in [9.17, 15) is 0 Å². The lowest BCUT2D eigenvalue weighted by molar-refractivity contribution is 0.189. The van der Waals surface area contributed by atoms with Crippen molar-refractivity contribution in [2.75, 3.05) is 54.4 Å². The predicted molar refractivity (Wildman–Crippen MR) is 332 cm³/mol. The van der Waals surface area contributed by atoms with Gasteiger partial charge >= 0.3 is 0 Å². The first-order chi connectivity index (χ1) is 32.9. The molecule has 0 amide bonds. The topological polar surface area (TPSA) is 59.8 Å². The van der Waals surface area contributed by atoms with Crippen LogP contribution in [-0.2, 0) is 0 Å². The molecule has 440 valence electrons. The summed E-state index contributed by atoms with van der Waals surface area (Å²) < 4.78 is 0. The van der Waals surface area contributed by atoms with E-state index in [-0.39, 0.29) is 7.43 Å². The van der Waals surface area contributed by atoms with E-state index < -0.39 is 0 Å². The molecule has 0 radical (unpaired) electrons. The van der Waals surface area contributed by atoms with Crippen molar-refractivity contribution in [3.05, 3.63) is 0 Å². The number of hydrogen-bond donors (Lipinski definition) is 3. The standard InChI is InChI=1S/C13H27N.C12H25N.2C11H23N.C10H21N.C9H19N.CH4/c1-6-14(7-2)12-9-8-11(10-12)13(3,4)5;1-6-13(5)11-8-7-10(9-11)12(2,3)4;1-11(2,3)9-6-7-10(8-9)12(4)5;1-5-12-10-7-6-9(8-10)11(2,3)4;1-10(2,3)8-5-6-9(7-8)11-4;1-9(2,3)7-4-5-8(10)6-7;/h11-12H,6-10H2,1-5H3;10-11H,6-9H2,1-5H3;9-10H,6-8H2,1-5H3;9-10,12H,5-8H2,1-4H3;8-9,11H,5-7H2,1-4H3;7-8H,4-6,10H2,1-3H3;1H4. The lowest BCUT2D eigenvalue weighted by Gasteiger charge is -2.30. The highest BCUT2D eigenvalue weighted by atomic mass is 15.1. The minimum Gasteiger partial charge on any atom is -0.328 e. The van der Waals surface area contributed by atoms with Gasteiger partial charge in [0.15, 0.2) is 0 Å². The summed E-state index contributed by atoms with van der Waals surface area (Å²) in [5, 5.41) is 6.91. The fraction of sp³-hybridized carbons (Fsp3) is 1.00. The van der Waals surface area contributed by atoms with Crippen molar-refractivity contribution >= 4 is 0 Å². The maximum atomic E-state index is 5.82. The molecule has 0 bridgehead atoms. The summed E-state index contributed by atoms with van der Waals surface area (Å²) in [6.45, 7) is 56.3. The number of nitrogens with zero attached hydrogens (tertiary/aromatic N) is 3. The summed E-state index contributed by atoms with van der Waals surface area (Å²) in [7, 11) is 8.75. The van der Waals surface area contributed by atoms with Crippen molar-refractivity contribution in [2.24, 2.45) is 73.7 Å². The molecule has 0 spiro atoms. The molecule has 0 aromatic rings. The van der Waals surface area contributed by atoms with Crippen molar-refractivity contribution < 1.29 is 0 Å². The highest BCUT2D eigenvalue weighted by molar-refractivity contribution is 4.91. The van der Waals surface area contributed by atoms with Gasteiger partial charge in [-0.3, -0.25) is 0 Å². The van der Waals surface area contributed by atoms with E-state index in [4.69, 9.17) is 5.73 Å². The highest BCUT2D eigenvalue weighted by Crippen LogP contribution is 2.44. The summed E-state index contributed by atoms with van der Waals surface area (Å²) in [5.41, 5.74) is 8.89. The molecule has 6 aliphatic carbocycles. The first kappa shape index (κ1) is 72.8. The van der Waals surface area contributed by atoms with E-state index in [1.165, 1.54) is 135 Å². The van der Waals surface area contributed by atoms with Gasteiger partial charge in [-0.05, 0) is 238 Å². The van der Waals surface area contributed by atoms with E-state index in [1.54, 1.807) is 0 Å². The minimum absolute atomic E-state index is 0. The highest BCUT2D eigenvalue weighted by Gasteiger charge is 2.38. The van der Waals surface area contributed by atoms with Crippen LogP contribution >= 0.6 is 0 Å². The van der Waals surface area contributed by atoms with Gasteiger partial charge in [0.25, 0.3) is 0 Å². The Kier molecular flexibility index (Phi) is 32.6. The summed E-state index contributed by atoms with van der Waals surface area (Å²) in [4.78, 5) is 7.52. The minimum atomic E-state index is 0. The van der Waals surface area contributed by atoms with Gasteiger partial charge in [0.05, 0.1) is 0 Å². The zero-order valence-corrected chi connectivity index (χ0v) is 54.4. The number of nitrogens with two attached hydrogens (primary N) is 1. The van der Waals surface area contributed by atoms with Gasteiger partial charge in [-0.1, -0.05) is 160 Å². The molecule has 0 aromatic carbocycles. The lowest BCUT2D eigenvalue weighted by atomic mass is 9.79. The third kappa shape index (κ3) is 27.5. The molecule has 6 saturated carbocycles. The lowest BCUT2D eigenvalue weighted by Crippen LogP contribution is -2.33. The molecule has 6 aliphatic rings. The molecular formula is C67H142N6. The maximum Gasteiger partial charge on any atom is 0.00979 e. The molecule has 0 aliphatic heterocycles. The van der Waals surface area contributed by atoms with E-state index in [0.29, 0.717) is 38.5 Å². The Morgan fingerprint density at radius 3 is 0.973 bits per heavy atom. The van der Waals surface area contributed by atoms with Crippen molar-refractivity contribution in [3.8, 4) is 0 Å². The summed E-state index contributed by atoms with van der Waals surface area (Å²) in [6, 6.07) is 4.65. The van der Waals surface area contributed by atoms with Gasteiger partial charge in [-0.25, -0.2) is 0 Å². The second kappa shape index (κ2) is 32.7. The van der Waals surface area contributed by atoms with Crippen molar-refractivity contribution in [2.45, 2.75) is 312 Å². The number of hydrogen-bond acceptors (Lipinski definition) is 6. The van der Waals surface area contributed by atoms with E-state index in [2.05, 4.69) is 206 Å².